The number of aliphatic hydroxyl groups excluding tert-OH is 2. The Labute approximate surface area is 96.9 Å². The summed E-state index contributed by atoms with van der Waals surface area (Å²) in [7, 11) is 0. The minimum Gasteiger partial charge on any atom is -0.389 e. The Bertz CT molecular complexity index is 362. The van der Waals surface area contributed by atoms with Crippen LogP contribution in [-0.2, 0) is 0 Å². The highest BCUT2D eigenvalue weighted by atomic mass is 16.3. The molecule has 0 radical (unpaired) electrons. The first kappa shape index (κ1) is 13.2. The molecule has 0 heterocycles. The predicted octanol–water partition coefficient (Wildman–Crippen LogP) is 1.27. The fourth-order valence-electron chi connectivity index (χ4n) is 2.01. The third kappa shape index (κ3) is 2.26. The molecule has 1 rings (SSSR count). The van der Waals surface area contributed by atoms with Crippen molar-refractivity contribution >= 4 is 0 Å². The molecule has 4 N–H and O–H groups in total. The van der Waals surface area contributed by atoms with Crippen LogP contribution in [0.1, 0.15) is 33.9 Å². The third-order valence-corrected chi connectivity index (χ3v) is 3.33. The van der Waals surface area contributed by atoms with Crippen LogP contribution >= 0.6 is 0 Å². The molecule has 0 aliphatic carbocycles. The van der Waals surface area contributed by atoms with Crippen LogP contribution in [0, 0.1) is 27.7 Å². The van der Waals surface area contributed by atoms with Gasteiger partial charge in [-0.25, -0.2) is 0 Å². The average molecular weight is 223 g/mol. The van der Waals surface area contributed by atoms with E-state index in [4.69, 9.17) is 5.73 Å². The highest BCUT2D eigenvalue weighted by Crippen LogP contribution is 2.28. The third-order valence-electron chi connectivity index (χ3n) is 3.33. The zero-order chi connectivity index (χ0) is 12.5. The van der Waals surface area contributed by atoms with Crippen molar-refractivity contribution in [3.63, 3.8) is 0 Å². The van der Waals surface area contributed by atoms with Gasteiger partial charge < -0.3 is 15.9 Å². The molecule has 0 aliphatic rings. The van der Waals surface area contributed by atoms with Crippen molar-refractivity contribution in [3.05, 3.63) is 33.9 Å². The van der Waals surface area contributed by atoms with Crippen molar-refractivity contribution in [3.8, 4) is 0 Å². The van der Waals surface area contributed by atoms with Crippen LogP contribution in [-0.4, -0.2) is 22.9 Å². The van der Waals surface area contributed by atoms with E-state index in [1.165, 1.54) is 0 Å². The number of hydrogen-bond acceptors (Lipinski definition) is 3. The van der Waals surface area contributed by atoms with E-state index in [0.717, 1.165) is 27.8 Å². The minimum absolute atomic E-state index is 0.0625. The van der Waals surface area contributed by atoms with E-state index in [-0.39, 0.29) is 6.54 Å². The summed E-state index contributed by atoms with van der Waals surface area (Å²) < 4.78 is 0. The van der Waals surface area contributed by atoms with Crippen molar-refractivity contribution in [2.24, 2.45) is 5.73 Å². The maximum atomic E-state index is 10.1. The second-order valence-corrected chi connectivity index (χ2v) is 4.42. The molecule has 1 aromatic rings. The summed E-state index contributed by atoms with van der Waals surface area (Å²) >= 11 is 0. The van der Waals surface area contributed by atoms with Gasteiger partial charge in [-0.3, -0.25) is 0 Å². The van der Waals surface area contributed by atoms with Gasteiger partial charge in [-0.05, 0) is 55.5 Å². The fourth-order valence-corrected chi connectivity index (χ4v) is 2.01. The zero-order valence-electron chi connectivity index (χ0n) is 10.4. The quantitative estimate of drug-likeness (QED) is 0.723. The Morgan fingerprint density at radius 3 is 1.88 bits per heavy atom. The maximum absolute atomic E-state index is 10.1. The first-order valence-electron chi connectivity index (χ1n) is 5.53. The summed E-state index contributed by atoms with van der Waals surface area (Å²) in [5, 5.41) is 19.7. The van der Waals surface area contributed by atoms with Gasteiger partial charge >= 0.3 is 0 Å². The molecule has 3 nitrogen and oxygen atoms in total. The van der Waals surface area contributed by atoms with Crippen LogP contribution in [0.15, 0.2) is 6.07 Å². The van der Waals surface area contributed by atoms with E-state index in [9.17, 15) is 10.2 Å². The normalized spacial score (nSPS) is 14.9. The molecule has 2 atom stereocenters. The fraction of sp³-hybridized carbons (Fsp3) is 0.538. The van der Waals surface area contributed by atoms with Crippen molar-refractivity contribution in [1.82, 2.24) is 0 Å². The largest absolute Gasteiger partial charge is 0.389 e. The summed E-state index contributed by atoms with van der Waals surface area (Å²) in [6.45, 7) is 8.00. The lowest BCUT2D eigenvalue weighted by molar-refractivity contribution is 0.0235. The summed E-state index contributed by atoms with van der Waals surface area (Å²) in [5.74, 6) is 0. The SMILES string of the molecule is Cc1cc(C)c(C)c(C(O)C(O)CN)c1C. The maximum Gasteiger partial charge on any atom is 0.107 e. The molecule has 0 bridgehead atoms. The molecule has 0 saturated heterocycles. The van der Waals surface area contributed by atoms with Gasteiger partial charge in [0.2, 0.25) is 0 Å². The van der Waals surface area contributed by atoms with Gasteiger partial charge in [0.05, 0.1) is 6.10 Å². The lowest BCUT2D eigenvalue weighted by Gasteiger charge is -2.23. The lowest BCUT2D eigenvalue weighted by atomic mass is 9.89. The molecule has 2 unspecified atom stereocenters. The van der Waals surface area contributed by atoms with Gasteiger partial charge in [-0.2, -0.15) is 0 Å². The topological polar surface area (TPSA) is 66.5 Å². The smallest absolute Gasteiger partial charge is 0.107 e. The molecule has 1 aromatic carbocycles. The Balaban J connectivity index is 3.31. The van der Waals surface area contributed by atoms with Gasteiger partial charge in [-0.15, -0.1) is 0 Å². The minimum atomic E-state index is -0.904. The van der Waals surface area contributed by atoms with Gasteiger partial charge in [0.1, 0.15) is 6.10 Å². The van der Waals surface area contributed by atoms with Crippen molar-refractivity contribution in [1.29, 1.82) is 0 Å². The second-order valence-electron chi connectivity index (χ2n) is 4.42. The molecular weight excluding hydrogens is 202 g/mol. The van der Waals surface area contributed by atoms with E-state index in [1.807, 2.05) is 27.7 Å². The van der Waals surface area contributed by atoms with Crippen LogP contribution in [0.25, 0.3) is 0 Å². The summed E-state index contributed by atoms with van der Waals surface area (Å²) in [6.07, 6.45) is -1.80. The average Bonchev–Trinajstić information content (AvgIpc) is 2.25. The molecule has 0 aliphatic heterocycles. The van der Waals surface area contributed by atoms with Crippen molar-refractivity contribution in [2.45, 2.75) is 39.9 Å². The van der Waals surface area contributed by atoms with E-state index in [2.05, 4.69) is 6.07 Å². The number of benzene rings is 1. The lowest BCUT2D eigenvalue weighted by Crippen LogP contribution is -2.28. The predicted molar refractivity (Wildman–Crippen MR) is 65.4 cm³/mol. The number of aryl methyl sites for hydroxylation is 2. The van der Waals surface area contributed by atoms with E-state index < -0.39 is 12.2 Å². The van der Waals surface area contributed by atoms with E-state index in [0.29, 0.717) is 0 Å². The van der Waals surface area contributed by atoms with Gasteiger partial charge in [0, 0.05) is 6.54 Å². The molecule has 0 aromatic heterocycles. The first-order valence-corrected chi connectivity index (χ1v) is 5.53. The van der Waals surface area contributed by atoms with Crippen LogP contribution in [0.3, 0.4) is 0 Å². The second kappa shape index (κ2) is 4.95. The highest BCUT2D eigenvalue weighted by molar-refractivity contribution is 5.45. The first-order chi connectivity index (χ1) is 7.40. The van der Waals surface area contributed by atoms with E-state index in [1.54, 1.807) is 0 Å². The Morgan fingerprint density at radius 1 is 1.06 bits per heavy atom. The molecular formula is C13H21NO2. The summed E-state index contributed by atoms with van der Waals surface area (Å²) in [6, 6.07) is 2.09. The number of rotatable bonds is 3. The highest BCUT2D eigenvalue weighted by Gasteiger charge is 2.22. The van der Waals surface area contributed by atoms with Crippen LogP contribution in [0.4, 0.5) is 0 Å². The molecule has 3 heteroatoms. The number of hydrogen-bond donors (Lipinski definition) is 3. The van der Waals surface area contributed by atoms with E-state index >= 15 is 0 Å². The monoisotopic (exact) mass is 223 g/mol. The molecule has 0 spiro atoms. The molecule has 0 saturated carbocycles. The standard InChI is InChI=1S/C13H21NO2/c1-7-5-8(2)10(4)12(9(7)3)13(16)11(15)6-14/h5,11,13,15-16H,6,14H2,1-4H3. The van der Waals surface area contributed by atoms with Crippen molar-refractivity contribution < 1.29 is 10.2 Å². The Kier molecular flexibility index (Phi) is 4.08. The van der Waals surface area contributed by atoms with Crippen LogP contribution in [0.5, 0.6) is 0 Å². The van der Waals surface area contributed by atoms with Gasteiger partial charge in [0.25, 0.3) is 0 Å². The Hall–Kier alpha value is -0.900. The van der Waals surface area contributed by atoms with Gasteiger partial charge in [-0.1, -0.05) is 6.07 Å². The summed E-state index contributed by atoms with van der Waals surface area (Å²) in [5.41, 5.74) is 10.5. The van der Waals surface area contributed by atoms with Gasteiger partial charge in [0.15, 0.2) is 0 Å². The van der Waals surface area contributed by atoms with Crippen LogP contribution in [0.2, 0.25) is 0 Å². The molecule has 0 amide bonds. The zero-order valence-corrected chi connectivity index (χ0v) is 10.4. The molecule has 0 fully saturated rings. The number of aliphatic hydroxyl groups is 2. The molecule has 90 valence electrons. The Morgan fingerprint density at radius 2 is 1.50 bits per heavy atom. The van der Waals surface area contributed by atoms with Crippen molar-refractivity contribution in [2.75, 3.05) is 6.54 Å². The number of nitrogens with two attached hydrogens (primary N) is 1. The molecule has 16 heavy (non-hydrogen) atoms. The van der Waals surface area contributed by atoms with Crippen LogP contribution < -0.4 is 5.73 Å². The summed E-state index contributed by atoms with van der Waals surface area (Å²) in [4.78, 5) is 0.